The number of hydrogen-bond acceptors (Lipinski definition) is 3. The molecule has 2 N–H and O–H groups in total. The van der Waals surface area contributed by atoms with Crippen LogP contribution in [-0.4, -0.2) is 42.1 Å². The highest BCUT2D eigenvalue weighted by Gasteiger charge is 2.21. The second-order valence-electron chi connectivity index (χ2n) is 4.64. The van der Waals surface area contributed by atoms with Crippen LogP contribution in [0.2, 0.25) is 5.02 Å². The van der Waals surface area contributed by atoms with Crippen molar-refractivity contribution >= 4 is 17.5 Å². The van der Waals surface area contributed by atoms with Crippen LogP contribution in [0.15, 0.2) is 18.2 Å². The minimum atomic E-state index is -0.205. The van der Waals surface area contributed by atoms with Gasteiger partial charge >= 0.3 is 0 Å². The van der Waals surface area contributed by atoms with Crippen molar-refractivity contribution in [1.29, 1.82) is 0 Å². The van der Waals surface area contributed by atoms with Gasteiger partial charge in [-0.3, -0.25) is 4.79 Å². The van der Waals surface area contributed by atoms with Gasteiger partial charge < -0.3 is 15.3 Å². The van der Waals surface area contributed by atoms with Gasteiger partial charge in [0.1, 0.15) is 5.75 Å². The van der Waals surface area contributed by atoms with Crippen molar-refractivity contribution in [3.05, 3.63) is 28.8 Å². The first-order valence-corrected chi connectivity index (χ1v) is 6.43. The molecule has 98 valence electrons. The molecular weight excluding hydrogens is 252 g/mol. The lowest BCUT2D eigenvalue weighted by molar-refractivity contribution is 0.0781. The third kappa shape index (κ3) is 2.94. The summed E-state index contributed by atoms with van der Waals surface area (Å²) in [7, 11) is 1.74. The van der Waals surface area contributed by atoms with Gasteiger partial charge in [0.2, 0.25) is 0 Å². The van der Waals surface area contributed by atoms with Crippen molar-refractivity contribution in [2.24, 2.45) is 0 Å². The van der Waals surface area contributed by atoms with E-state index >= 15 is 0 Å². The van der Waals surface area contributed by atoms with E-state index in [-0.39, 0.29) is 17.2 Å². The molecule has 0 spiro atoms. The molecule has 1 saturated heterocycles. The summed E-state index contributed by atoms with van der Waals surface area (Å²) in [6.45, 7) is 1.65. The van der Waals surface area contributed by atoms with Gasteiger partial charge in [-0.15, -0.1) is 0 Å². The molecule has 0 radical (unpaired) electrons. The Balaban J connectivity index is 2.07. The van der Waals surface area contributed by atoms with Crippen molar-refractivity contribution in [3.63, 3.8) is 0 Å². The number of halogens is 1. The molecule has 0 saturated carbocycles. The lowest BCUT2D eigenvalue weighted by Gasteiger charge is -2.21. The fourth-order valence-electron chi connectivity index (χ4n) is 2.21. The first kappa shape index (κ1) is 13.2. The highest BCUT2D eigenvalue weighted by Crippen LogP contribution is 2.23. The molecule has 1 aliphatic rings. The largest absolute Gasteiger partial charge is 0.507 e. The molecule has 1 aliphatic heterocycles. The van der Waals surface area contributed by atoms with E-state index in [9.17, 15) is 9.90 Å². The minimum absolute atomic E-state index is 0.0318. The summed E-state index contributed by atoms with van der Waals surface area (Å²) in [6.07, 6.45) is 2.23. The Bertz CT molecular complexity index is 445. The third-order valence-electron chi connectivity index (χ3n) is 3.19. The third-order valence-corrected chi connectivity index (χ3v) is 3.43. The summed E-state index contributed by atoms with van der Waals surface area (Å²) >= 11 is 5.84. The van der Waals surface area contributed by atoms with E-state index < -0.39 is 0 Å². The van der Waals surface area contributed by atoms with Gasteiger partial charge in [-0.2, -0.15) is 0 Å². The first-order valence-electron chi connectivity index (χ1n) is 6.05. The number of benzene rings is 1. The Labute approximate surface area is 112 Å². The summed E-state index contributed by atoms with van der Waals surface area (Å²) in [5.41, 5.74) is 0.253. The number of phenols is 1. The van der Waals surface area contributed by atoms with Crippen molar-refractivity contribution < 1.29 is 9.90 Å². The quantitative estimate of drug-likeness (QED) is 0.880. The molecule has 2 rings (SSSR count). The second kappa shape index (κ2) is 5.59. The van der Waals surface area contributed by atoms with Gasteiger partial charge in [-0.25, -0.2) is 0 Å². The van der Waals surface area contributed by atoms with Crippen molar-refractivity contribution in [3.8, 4) is 5.75 Å². The zero-order valence-corrected chi connectivity index (χ0v) is 11.1. The van der Waals surface area contributed by atoms with E-state index in [1.165, 1.54) is 12.1 Å². The highest BCUT2D eigenvalue weighted by atomic mass is 35.5. The zero-order chi connectivity index (χ0) is 13.1. The van der Waals surface area contributed by atoms with Gasteiger partial charge in [0.15, 0.2) is 0 Å². The fraction of sp³-hybridized carbons (Fsp3) is 0.462. The van der Waals surface area contributed by atoms with Gasteiger partial charge in [-0.1, -0.05) is 11.6 Å². The van der Waals surface area contributed by atoms with Crippen molar-refractivity contribution in [1.82, 2.24) is 10.2 Å². The van der Waals surface area contributed by atoms with E-state index in [0.29, 0.717) is 17.6 Å². The lowest BCUT2D eigenvalue weighted by Crippen LogP contribution is -2.38. The average Bonchev–Trinajstić information content (AvgIpc) is 2.84. The number of hydrogen-bond donors (Lipinski definition) is 2. The number of amides is 1. The number of nitrogens with zero attached hydrogens (tertiary/aromatic N) is 1. The van der Waals surface area contributed by atoms with Crippen LogP contribution in [0.25, 0.3) is 0 Å². The molecule has 1 unspecified atom stereocenters. The Kier molecular flexibility index (Phi) is 4.09. The van der Waals surface area contributed by atoms with Crippen LogP contribution in [0, 0.1) is 0 Å². The monoisotopic (exact) mass is 268 g/mol. The summed E-state index contributed by atoms with van der Waals surface area (Å²) in [5.74, 6) is -0.237. The molecule has 1 heterocycles. The zero-order valence-electron chi connectivity index (χ0n) is 10.3. The average molecular weight is 269 g/mol. The van der Waals surface area contributed by atoms with Gasteiger partial charge in [0, 0.05) is 24.7 Å². The molecule has 0 aromatic heterocycles. The minimum Gasteiger partial charge on any atom is -0.507 e. The van der Waals surface area contributed by atoms with Crippen LogP contribution < -0.4 is 5.32 Å². The molecule has 1 amide bonds. The number of carbonyl (C=O) groups excluding carboxylic acids is 1. The summed E-state index contributed by atoms with van der Waals surface area (Å²) in [6, 6.07) is 4.85. The highest BCUT2D eigenvalue weighted by molar-refractivity contribution is 6.31. The molecule has 1 aromatic rings. The molecule has 1 atom stereocenters. The maximum absolute atomic E-state index is 12.2. The summed E-state index contributed by atoms with van der Waals surface area (Å²) < 4.78 is 0. The molecule has 0 bridgehead atoms. The normalized spacial score (nSPS) is 18.9. The van der Waals surface area contributed by atoms with E-state index in [4.69, 9.17) is 11.6 Å². The number of aromatic hydroxyl groups is 1. The molecule has 18 heavy (non-hydrogen) atoms. The van der Waals surface area contributed by atoms with Crippen LogP contribution in [-0.2, 0) is 0 Å². The maximum Gasteiger partial charge on any atom is 0.257 e. The number of carbonyl (C=O) groups is 1. The smallest absolute Gasteiger partial charge is 0.257 e. The first-order chi connectivity index (χ1) is 8.58. The van der Waals surface area contributed by atoms with Gasteiger partial charge in [0.05, 0.1) is 5.56 Å². The van der Waals surface area contributed by atoms with Crippen LogP contribution in [0.1, 0.15) is 23.2 Å². The fourth-order valence-corrected chi connectivity index (χ4v) is 2.38. The molecule has 1 aromatic carbocycles. The SMILES string of the molecule is CN(CC1CCCN1)C(=O)c1cc(Cl)ccc1O. The van der Waals surface area contributed by atoms with Gasteiger partial charge in [-0.05, 0) is 37.6 Å². The van der Waals surface area contributed by atoms with Crippen LogP contribution in [0.4, 0.5) is 0 Å². The second-order valence-corrected chi connectivity index (χ2v) is 5.08. The van der Waals surface area contributed by atoms with Crippen molar-refractivity contribution in [2.75, 3.05) is 20.1 Å². The maximum atomic E-state index is 12.2. The molecule has 1 fully saturated rings. The molecule has 5 heteroatoms. The van der Waals surface area contributed by atoms with E-state index in [2.05, 4.69) is 5.32 Å². The number of rotatable bonds is 3. The Morgan fingerprint density at radius 3 is 3.06 bits per heavy atom. The van der Waals surface area contributed by atoms with E-state index in [1.807, 2.05) is 0 Å². The summed E-state index contributed by atoms with van der Waals surface area (Å²) in [5, 5.41) is 13.5. The van der Waals surface area contributed by atoms with Crippen molar-refractivity contribution in [2.45, 2.75) is 18.9 Å². The number of phenolic OH excluding ortho intramolecular Hbond substituents is 1. The molecular formula is C13H17ClN2O2. The lowest BCUT2D eigenvalue weighted by atomic mass is 10.1. The Morgan fingerprint density at radius 1 is 1.61 bits per heavy atom. The van der Waals surface area contributed by atoms with Gasteiger partial charge in [0.25, 0.3) is 5.91 Å². The number of likely N-dealkylation sites (N-methyl/N-ethyl adjacent to an activating group) is 1. The summed E-state index contributed by atoms with van der Waals surface area (Å²) in [4.78, 5) is 13.8. The van der Waals surface area contributed by atoms with Crippen LogP contribution in [0.3, 0.4) is 0 Å². The Morgan fingerprint density at radius 2 is 2.39 bits per heavy atom. The predicted molar refractivity (Wildman–Crippen MR) is 71.1 cm³/mol. The number of nitrogens with one attached hydrogen (secondary N) is 1. The molecule has 4 nitrogen and oxygen atoms in total. The van der Waals surface area contributed by atoms with E-state index in [1.54, 1.807) is 18.0 Å². The Hall–Kier alpha value is -1.26. The standard InChI is InChI=1S/C13H17ClN2O2/c1-16(8-10-3-2-6-15-10)13(18)11-7-9(14)4-5-12(11)17/h4-5,7,10,15,17H,2-3,6,8H2,1H3. The van der Waals surface area contributed by atoms with E-state index in [0.717, 1.165) is 19.4 Å². The van der Waals surface area contributed by atoms with Crippen LogP contribution in [0.5, 0.6) is 5.75 Å². The predicted octanol–water partition coefficient (Wildman–Crippen LogP) is 1.87. The van der Waals surface area contributed by atoms with Crippen LogP contribution >= 0.6 is 11.6 Å². The molecule has 0 aliphatic carbocycles. The topological polar surface area (TPSA) is 52.6 Å².